The maximum absolute atomic E-state index is 14.0. The number of guanidine groups is 1. The number of carboxylic acids is 1. The molecular weight excluding hydrogens is 991 g/mol. The van der Waals surface area contributed by atoms with Gasteiger partial charge in [0.1, 0.15) is 54.4 Å². The molecule has 21 N–H and O–H groups in total. The molecule has 0 saturated heterocycles. The highest BCUT2D eigenvalue weighted by Crippen LogP contribution is 2.11. The lowest BCUT2D eigenvalue weighted by Crippen LogP contribution is -2.60. The van der Waals surface area contributed by atoms with Crippen LogP contribution in [-0.2, 0) is 52.7 Å². The lowest BCUT2D eigenvalue weighted by molar-refractivity contribution is -0.143. The number of unbranched alkanes of at least 4 members (excludes halogenated alkanes) is 1. The first-order chi connectivity index (χ1) is 34.6. The van der Waals surface area contributed by atoms with Gasteiger partial charge >= 0.3 is 5.97 Å². The van der Waals surface area contributed by atoms with Crippen molar-refractivity contribution in [1.82, 2.24) is 47.9 Å². The van der Waals surface area contributed by atoms with Crippen LogP contribution in [0.3, 0.4) is 0 Å². The van der Waals surface area contributed by atoms with E-state index in [-0.39, 0.29) is 50.5 Å². The summed E-state index contributed by atoms with van der Waals surface area (Å²) in [5.74, 6) is -10.3. The summed E-state index contributed by atoms with van der Waals surface area (Å²) in [7, 11) is 0. The smallest absolute Gasteiger partial charge is 0.328 e. The average Bonchev–Trinajstić information content (AvgIpc) is 3.31. The number of carboxylic acid groups (broad SMARTS) is 1. The number of aliphatic carboxylic acids is 1. The van der Waals surface area contributed by atoms with Crippen molar-refractivity contribution in [3.63, 3.8) is 0 Å². The van der Waals surface area contributed by atoms with E-state index >= 15 is 0 Å². The zero-order valence-electron chi connectivity index (χ0n) is 43.7. The first-order valence-corrected chi connectivity index (χ1v) is 25.8. The number of amides is 10. The fourth-order valence-electron chi connectivity index (χ4n) is 6.72. The molecule has 0 heterocycles. The highest BCUT2D eigenvalue weighted by molar-refractivity contribution is 7.98. The number of carbonyl (C=O) groups excluding carboxylic acids is 10. The number of carbonyl (C=O) groups is 11. The summed E-state index contributed by atoms with van der Waals surface area (Å²) in [6.45, 7) is 10.4. The molecule has 0 unspecified atom stereocenters. The summed E-state index contributed by atoms with van der Waals surface area (Å²) >= 11 is 1.33. The number of rotatable bonds is 37. The van der Waals surface area contributed by atoms with Gasteiger partial charge in [0.2, 0.25) is 59.1 Å². The monoisotopic (exact) mass is 1070 g/mol. The standard InChI is InChI=1S/C45H83N15O13S/c1-22(2)20-31(58-43(71)34(23(3)4)60-41(69)28(13-11-18-51-45(49)50)55-35(63)24(5)52-38(66)27(47)12-9-10-17-46)42(70)54-26(7)36(64)56-29(14-15-33(48)62)39(67)53-25(6)37(65)57-30(16-19-74-8)40(68)59-32(21-61)44(72)73/h22-32,34,61H,9-21,46-47H2,1-8H3,(H2,48,62)(H,52,66)(H,53,67)(H,54,70)(H,55,63)(H,56,64)(H,57,65)(H,58,71)(H,59,68)(H,60,69)(H,72,73)(H4,49,50,51)/t24-,25-,26-,27-,28-,29-,30-,31-,32-,34-/m0/s1. The average molecular weight is 1070 g/mol. The fraction of sp³-hybridized carbons (Fsp3) is 0.733. The number of aliphatic hydroxyl groups excluding tert-OH is 1. The zero-order valence-corrected chi connectivity index (χ0v) is 44.6. The molecule has 10 atom stereocenters. The quantitative estimate of drug-likeness (QED) is 0.0157. The van der Waals surface area contributed by atoms with E-state index < -0.39 is 144 Å². The topological polar surface area (TPSA) is 479 Å². The Labute approximate surface area is 436 Å². The Balaban J connectivity index is 6.21. The van der Waals surface area contributed by atoms with E-state index in [2.05, 4.69) is 52.8 Å². The van der Waals surface area contributed by atoms with Crippen molar-refractivity contribution in [1.29, 1.82) is 0 Å². The largest absolute Gasteiger partial charge is 0.480 e. The van der Waals surface area contributed by atoms with E-state index in [1.807, 2.05) is 0 Å². The van der Waals surface area contributed by atoms with Crippen LogP contribution in [0.25, 0.3) is 0 Å². The fourth-order valence-corrected chi connectivity index (χ4v) is 7.19. The van der Waals surface area contributed by atoms with E-state index in [4.69, 9.17) is 28.7 Å². The van der Waals surface area contributed by atoms with Crippen LogP contribution >= 0.6 is 11.8 Å². The second kappa shape index (κ2) is 35.8. The van der Waals surface area contributed by atoms with Crippen LogP contribution in [0.2, 0.25) is 0 Å². The third-order valence-corrected chi connectivity index (χ3v) is 11.7. The molecule has 0 aromatic rings. The van der Waals surface area contributed by atoms with Crippen LogP contribution in [0.1, 0.15) is 106 Å². The minimum Gasteiger partial charge on any atom is -0.480 e. The predicted molar refractivity (Wildman–Crippen MR) is 276 cm³/mol. The molecule has 74 heavy (non-hydrogen) atoms. The van der Waals surface area contributed by atoms with Gasteiger partial charge in [-0.1, -0.05) is 34.1 Å². The van der Waals surface area contributed by atoms with Crippen molar-refractivity contribution in [2.24, 2.45) is 45.5 Å². The number of aliphatic imine (C=N–C) groups is 1. The van der Waals surface area contributed by atoms with Crippen LogP contribution in [-0.4, -0.2) is 173 Å². The molecule has 0 aromatic carbocycles. The molecule has 0 fully saturated rings. The number of nitrogens with one attached hydrogen (secondary N) is 9. The number of hydrogen-bond acceptors (Lipinski definition) is 16. The molecule has 0 aromatic heterocycles. The summed E-state index contributed by atoms with van der Waals surface area (Å²) in [4.78, 5) is 148. The molecule has 28 nitrogen and oxygen atoms in total. The van der Waals surface area contributed by atoms with Crippen LogP contribution in [0, 0.1) is 11.8 Å². The van der Waals surface area contributed by atoms with E-state index in [0.717, 1.165) is 0 Å². The highest BCUT2D eigenvalue weighted by atomic mass is 32.2. The summed E-state index contributed by atoms with van der Waals surface area (Å²) in [5, 5.41) is 40.9. The number of nitrogens with zero attached hydrogens (tertiary/aromatic N) is 1. The molecule has 422 valence electrons. The van der Waals surface area contributed by atoms with Gasteiger partial charge < -0.3 is 86.7 Å². The van der Waals surface area contributed by atoms with E-state index in [0.29, 0.717) is 31.6 Å². The Hall–Kier alpha value is -6.33. The van der Waals surface area contributed by atoms with E-state index in [1.54, 1.807) is 34.0 Å². The van der Waals surface area contributed by atoms with Crippen LogP contribution in [0.4, 0.5) is 0 Å². The second-order valence-electron chi connectivity index (χ2n) is 18.5. The minimum atomic E-state index is -1.64. The van der Waals surface area contributed by atoms with Crippen molar-refractivity contribution >= 4 is 82.8 Å². The maximum Gasteiger partial charge on any atom is 0.328 e. The van der Waals surface area contributed by atoms with Crippen molar-refractivity contribution in [3.05, 3.63) is 0 Å². The molecule has 0 aliphatic rings. The molecule has 0 aliphatic carbocycles. The summed E-state index contributed by atoms with van der Waals surface area (Å²) < 4.78 is 0. The summed E-state index contributed by atoms with van der Waals surface area (Å²) in [6.07, 6.45) is 2.92. The first-order valence-electron chi connectivity index (χ1n) is 24.5. The van der Waals surface area contributed by atoms with Gasteiger partial charge in [0, 0.05) is 13.0 Å². The van der Waals surface area contributed by atoms with Crippen molar-refractivity contribution in [3.8, 4) is 0 Å². The molecule has 29 heteroatoms. The first kappa shape index (κ1) is 67.7. The molecule has 0 rings (SSSR count). The summed E-state index contributed by atoms with van der Waals surface area (Å²) in [5.41, 5.74) is 27.7. The normalized spacial score (nSPS) is 15.1. The Kier molecular flexibility index (Phi) is 32.7. The number of thioether (sulfide) groups is 1. The third kappa shape index (κ3) is 27.1. The van der Waals surface area contributed by atoms with Gasteiger partial charge in [0.15, 0.2) is 5.96 Å². The van der Waals surface area contributed by atoms with Gasteiger partial charge in [-0.05, 0) is 96.1 Å². The lowest BCUT2D eigenvalue weighted by atomic mass is 9.99. The van der Waals surface area contributed by atoms with Gasteiger partial charge in [0.25, 0.3) is 0 Å². The SMILES string of the molecule is CSCC[C@H](NC(=O)[C@H](C)NC(=O)[C@H](CCC(N)=O)NC(=O)[C@H](C)NC(=O)[C@H](CC(C)C)NC(=O)[C@@H](NC(=O)[C@H](CCCN=C(N)N)NC(=O)[C@H](C)NC(=O)[C@@H](N)CCCCN)C(C)C)C(=O)N[C@@H](CO)C(=O)O. The number of hydrogen-bond donors (Lipinski definition) is 16. The number of primary amides is 1. The number of aliphatic hydroxyl groups is 1. The van der Waals surface area contributed by atoms with Gasteiger partial charge in [0.05, 0.1) is 12.6 Å². The van der Waals surface area contributed by atoms with Crippen molar-refractivity contribution < 1.29 is 63.0 Å². The number of nitrogens with two attached hydrogens (primary N) is 5. The molecule has 0 bridgehead atoms. The summed E-state index contributed by atoms with van der Waals surface area (Å²) in [6, 6.07) is -12.9. The second-order valence-corrected chi connectivity index (χ2v) is 19.5. The highest BCUT2D eigenvalue weighted by Gasteiger charge is 2.35. The molecule has 0 aliphatic heterocycles. The lowest BCUT2D eigenvalue weighted by Gasteiger charge is -2.29. The Bertz CT molecular complexity index is 1920. The molecule has 10 amide bonds. The molecule has 0 spiro atoms. The molecule has 0 saturated carbocycles. The van der Waals surface area contributed by atoms with E-state index in [1.165, 1.54) is 32.5 Å². The van der Waals surface area contributed by atoms with Crippen molar-refractivity contribution in [2.75, 3.05) is 31.7 Å². The van der Waals surface area contributed by atoms with Crippen LogP contribution < -0.4 is 76.5 Å². The Morgan fingerprint density at radius 1 is 0.527 bits per heavy atom. The maximum atomic E-state index is 14.0. The third-order valence-electron chi connectivity index (χ3n) is 11.1. The Morgan fingerprint density at radius 3 is 1.42 bits per heavy atom. The van der Waals surface area contributed by atoms with Gasteiger partial charge in [-0.3, -0.25) is 52.9 Å². The molecule has 0 radical (unpaired) electrons. The van der Waals surface area contributed by atoms with Crippen LogP contribution in [0.5, 0.6) is 0 Å². The zero-order chi connectivity index (χ0) is 56.8. The van der Waals surface area contributed by atoms with Crippen LogP contribution in [0.15, 0.2) is 4.99 Å². The Morgan fingerprint density at radius 2 is 0.973 bits per heavy atom. The molecular formula is C45H83N15O13S. The minimum absolute atomic E-state index is 0.00141. The predicted octanol–water partition coefficient (Wildman–Crippen LogP) is -5.28. The van der Waals surface area contributed by atoms with Gasteiger partial charge in [-0.15, -0.1) is 0 Å². The van der Waals surface area contributed by atoms with E-state index in [9.17, 15) is 63.0 Å². The van der Waals surface area contributed by atoms with Crippen molar-refractivity contribution in [2.45, 2.75) is 167 Å². The van der Waals surface area contributed by atoms with Gasteiger partial charge in [-0.25, -0.2) is 4.79 Å². The van der Waals surface area contributed by atoms with Gasteiger partial charge in [-0.2, -0.15) is 11.8 Å².